The molecule has 5 heteroatoms. The fourth-order valence-electron chi connectivity index (χ4n) is 3.05. The van der Waals surface area contributed by atoms with Crippen LogP contribution in [0.1, 0.15) is 16.7 Å². The van der Waals surface area contributed by atoms with Gasteiger partial charge in [0.1, 0.15) is 0 Å². The lowest BCUT2D eigenvalue weighted by Crippen LogP contribution is -2.00. The SMILES string of the molecule is Cc1ccc(-n2c(SCc3cccc(C)c3)nnc2-c2cccc(Cl)c2)cc1. The van der Waals surface area contributed by atoms with Crippen LogP contribution in [-0.2, 0) is 5.75 Å². The molecule has 4 rings (SSSR count). The average molecular weight is 406 g/mol. The second kappa shape index (κ2) is 8.21. The molecule has 0 aliphatic heterocycles. The van der Waals surface area contributed by atoms with Crippen LogP contribution in [0.15, 0.2) is 78.0 Å². The van der Waals surface area contributed by atoms with Gasteiger partial charge in [0, 0.05) is 22.0 Å². The van der Waals surface area contributed by atoms with Gasteiger partial charge in [-0.15, -0.1) is 10.2 Å². The van der Waals surface area contributed by atoms with E-state index in [9.17, 15) is 0 Å². The molecule has 0 aliphatic carbocycles. The Morgan fingerprint density at radius 3 is 2.39 bits per heavy atom. The third-order valence-electron chi connectivity index (χ3n) is 4.46. The highest BCUT2D eigenvalue weighted by atomic mass is 35.5. The zero-order chi connectivity index (χ0) is 19.5. The fraction of sp³-hybridized carbons (Fsp3) is 0.130. The van der Waals surface area contributed by atoms with Gasteiger partial charge in [-0.05, 0) is 43.7 Å². The van der Waals surface area contributed by atoms with Crippen LogP contribution in [0.5, 0.6) is 0 Å². The first-order valence-electron chi connectivity index (χ1n) is 9.07. The van der Waals surface area contributed by atoms with Crippen molar-refractivity contribution < 1.29 is 0 Å². The first kappa shape index (κ1) is 18.8. The summed E-state index contributed by atoms with van der Waals surface area (Å²) in [5.74, 6) is 1.62. The number of benzene rings is 3. The second-order valence-corrected chi connectivity index (χ2v) is 8.14. The lowest BCUT2D eigenvalue weighted by Gasteiger charge is -2.11. The Hall–Kier alpha value is -2.56. The van der Waals surface area contributed by atoms with E-state index in [0.29, 0.717) is 5.02 Å². The zero-order valence-corrected chi connectivity index (χ0v) is 17.3. The van der Waals surface area contributed by atoms with Gasteiger partial charge in [-0.2, -0.15) is 0 Å². The number of rotatable bonds is 5. The summed E-state index contributed by atoms with van der Waals surface area (Å²) in [7, 11) is 0. The monoisotopic (exact) mass is 405 g/mol. The van der Waals surface area contributed by atoms with Crippen LogP contribution < -0.4 is 0 Å². The predicted octanol–water partition coefficient (Wildman–Crippen LogP) is 6.50. The summed E-state index contributed by atoms with van der Waals surface area (Å²) in [6.07, 6.45) is 0. The summed E-state index contributed by atoms with van der Waals surface area (Å²) < 4.78 is 2.10. The summed E-state index contributed by atoms with van der Waals surface area (Å²) in [6, 6.07) is 24.7. The molecule has 0 spiro atoms. The zero-order valence-electron chi connectivity index (χ0n) is 15.8. The Balaban J connectivity index is 1.74. The van der Waals surface area contributed by atoms with Gasteiger partial charge >= 0.3 is 0 Å². The van der Waals surface area contributed by atoms with E-state index in [1.54, 1.807) is 11.8 Å². The molecule has 3 aromatic carbocycles. The van der Waals surface area contributed by atoms with Crippen LogP contribution >= 0.6 is 23.4 Å². The maximum Gasteiger partial charge on any atom is 0.196 e. The van der Waals surface area contributed by atoms with Crippen molar-refractivity contribution in [3.05, 3.63) is 94.5 Å². The molecule has 140 valence electrons. The summed E-state index contributed by atoms with van der Waals surface area (Å²) in [4.78, 5) is 0. The van der Waals surface area contributed by atoms with E-state index in [2.05, 4.69) is 77.1 Å². The lowest BCUT2D eigenvalue weighted by atomic mass is 10.2. The van der Waals surface area contributed by atoms with E-state index in [-0.39, 0.29) is 0 Å². The number of hydrogen-bond donors (Lipinski definition) is 0. The van der Waals surface area contributed by atoms with Crippen molar-refractivity contribution in [1.29, 1.82) is 0 Å². The quantitative estimate of drug-likeness (QED) is 0.355. The molecule has 1 aromatic heterocycles. The average Bonchev–Trinajstić information content (AvgIpc) is 3.11. The van der Waals surface area contributed by atoms with Gasteiger partial charge in [0.2, 0.25) is 0 Å². The topological polar surface area (TPSA) is 30.7 Å². The van der Waals surface area contributed by atoms with Crippen LogP contribution in [0, 0.1) is 13.8 Å². The van der Waals surface area contributed by atoms with E-state index in [4.69, 9.17) is 11.6 Å². The first-order valence-corrected chi connectivity index (χ1v) is 10.4. The number of halogens is 1. The van der Waals surface area contributed by atoms with Crippen molar-refractivity contribution in [2.24, 2.45) is 0 Å². The second-order valence-electron chi connectivity index (χ2n) is 6.77. The molecule has 0 atom stereocenters. The predicted molar refractivity (Wildman–Crippen MR) is 117 cm³/mol. The van der Waals surface area contributed by atoms with Crippen molar-refractivity contribution in [2.45, 2.75) is 24.8 Å². The van der Waals surface area contributed by atoms with Crippen LogP contribution in [-0.4, -0.2) is 14.8 Å². The Bertz CT molecular complexity index is 1100. The van der Waals surface area contributed by atoms with Crippen molar-refractivity contribution in [3.8, 4) is 17.1 Å². The Morgan fingerprint density at radius 2 is 1.64 bits per heavy atom. The van der Waals surface area contributed by atoms with Crippen molar-refractivity contribution in [3.63, 3.8) is 0 Å². The molecule has 0 radical (unpaired) electrons. The number of hydrogen-bond acceptors (Lipinski definition) is 3. The molecule has 4 aromatic rings. The van der Waals surface area contributed by atoms with E-state index in [1.165, 1.54) is 16.7 Å². The van der Waals surface area contributed by atoms with Gasteiger partial charge in [0.25, 0.3) is 0 Å². The highest BCUT2D eigenvalue weighted by Gasteiger charge is 2.16. The van der Waals surface area contributed by atoms with E-state index in [0.717, 1.165) is 28.0 Å². The molecular weight excluding hydrogens is 386 g/mol. The van der Waals surface area contributed by atoms with Crippen molar-refractivity contribution in [2.75, 3.05) is 0 Å². The molecule has 0 saturated heterocycles. The molecule has 0 N–H and O–H groups in total. The standard InChI is InChI=1S/C23H20ClN3S/c1-16-9-11-21(12-10-16)27-22(19-7-4-8-20(24)14-19)25-26-23(27)28-15-18-6-3-5-17(2)13-18/h3-14H,15H2,1-2H3. The minimum atomic E-state index is 0.685. The normalized spacial score (nSPS) is 11.0. The molecule has 1 heterocycles. The Morgan fingerprint density at radius 1 is 0.857 bits per heavy atom. The molecule has 0 fully saturated rings. The molecular formula is C23H20ClN3S. The van der Waals surface area contributed by atoms with Gasteiger partial charge in [-0.25, -0.2) is 0 Å². The maximum atomic E-state index is 6.21. The van der Waals surface area contributed by atoms with Crippen LogP contribution in [0.4, 0.5) is 0 Å². The molecule has 0 unspecified atom stereocenters. The van der Waals surface area contributed by atoms with E-state index < -0.39 is 0 Å². The van der Waals surface area contributed by atoms with Crippen molar-refractivity contribution >= 4 is 23.4 Å². The van der Waals surface area contributed by atoms with E-state index >= 15 is 0 Å². The molecule has 0 amide bonds. The third kappa shape index (κ3) is 4.13. The van der Waals surface area contributed by atoms with Gasteiger partial charge < -0.3 is 0 Å². The van der Waals surface area contributed by atoms with Crippen molar-refractivity contribution in [1.82, 2.24) is 14.8 Å². The van der Waals surface area contributed by atoms with E-state index in [1.807, 2.05) is 24.3 Å². The number of thioether (sulfide) groups is 1. The molecule has 0 aliphatic rings. The number of aromatic nitrogens is 3. The third-order valence-corrected chi connectivity index (χ3v) is 5.69. The molecule has 3 nitrogen and oxygen atoms in total. The maximum absolute atomic E-state index is 6.21. The largest absolute Gasteiger partial charge is 0.270 e. The van der Waals surface area contributed by atoms with Gasteiger partial charge in [0.15, 0.2) is 11.0 Å². The smallest absolute Gasteiger partial charge is 0.196 e. The Labute approximate surface area is 174 Å². The summed E-state index contributed by atoms with van der Waals surface area (Å²) in [5.41, 5.74) is 5.74. The molecule has 0 bridgehead atoms. The van der Waals surface area contributed by atoms with Gasteiger partial charge in [-0.3, -0.25) is 4.57 Å². The summed E-state index contributed by atoms with van der Waals surface area (Å²) >= 11 is 7.90. The van der Waals surface area contributed by atoms with Crippen LogP contribution in [0.25, 0.3) is 17.1 Å². The highest BCUT2D eigenvalue weighted by molar-refractivity contribution is 7.98. The number of aryl methyl sites for hydroxylation is 2. The minimum Gasteiger partial charge on any atom is -0.270 e. The first-order chi connectivity index (χ1) is 13.6. The summed E-state index contributed by atoms with van der Waals surface area (Å²) in [6.45, 7) is 4.20. The minimum absolute atomic E-state index is 0.685. The molecule has 28 heavy (non-hydrogen) atoms. The summed E-state index contributed by atoms with van der Waals surface area (Å²) in [5, 5.41) is 10.5. The van der Waals surface area contributed by atoms with Gasteiger partial charge in [0.05, 0.1) is 0 Å². The lowest BCUT2D eigenvalue weighted by molar-refractivity contribution is 0.885. The van der Waals surface area contributed by atoms with Crippen LogP contribution in [0.3, 0.4) is 0 Å². The van der Waals surface area contributed by atoms with Gasteiger partial charge in [-0.1, -0.05) is 83.0 Å². The fourth-order valence-corrected chi connectivity index (χ4v) is 4.14. The highest BCUT2D eigenvalue weighted by Crippen LogP contribution is 2.31. The molecule has 0 saturated carbocycles. The number of nitrogens with zero attached hydrogens (tertiary/aromatic N) is 3. The van der Waals surface area contributed by atoms with Crippen LogP contribution in [0.2, 0.25) is 5.02 Å². The Kier molecular flexibility index (Phi) is 5.51.